The molecule has 1 aliphatic rings. The maximum absolute atomic E-state index is 11.2. The van der Waals surface area contributed by atoms with Crippen LogP contribution in [0.1, 0.15) is 27.2 Å². The molecule has 1 rings (SSSR count). The standard InChI is InChI=1S/C10H19N3O3/c1-10(2,3)13(9(15)16)7-5-12-8(14)4-6(7)11/h6-7H,4-5,11H2,1-3H3,(H,12,14)(H,15,16)/t6-,7-/m1/s1. The van der Waals surface area contributed by atoms with Crippen molar-refractivity contribution in [2.45, 2.75) is 44.8 Å². The van der Waals surface area contributed by atoms with Gasteiger partial charge >= 0.3 is 6.09 Å². The topological polar surface area (TPSA) is 95.7 Å². The van der Waals surface area contributed by atoms with Gasteiger partial charge in [0.25, 0.3) is 0 Å². The van der Waals surface area contributed by atoms with E-state index in [0.29, 0.717) is 0 Å². The van der Waals surface area contributed by atoms with E-state index >= 15 is 0 Å². The summed E-state index contributed by atoms with van der Waals surface area (Å²) in [6, 6.07) is -0.806. The van der Waals surface area contributed by atoms with Crippen LogP contribution in [0.4, 0.5) is 4.79 Å². The van der Waals surface area contributed by atoms with Gasteiger partial charge in [0.15, 0.2) is 0 Å². The molecule has 0 radical (unpaired) electrons. The SMILES string of the molecule is CC(C)(C)N(C(=O)O)[C@@H]1CNC(=O)C[C@H]1N. The second-order valence-electron chi connectivity index (χ2n) is 5.06. The molecule has 16 heavy (non-hydrogen) atoms. The zero-order valence-electron chi connectivity index (χ0n) is 9.86. The molecule has 2 atom stereocenters. The largest absolute Gasteiger partial charge is 0.465 e. The molecule has 6 heteroatoms. The Morgan fingerprint density at radius 1 is 1.56 bits per heavy atom. The van der Waals surface area contributed by atoms with Gasteiger partial charge in [-0.15, -0.1) is 0 Å². The Bertz CT molecular complexity index is 298. The molecule has 0 saturated carbocycles. The summed E-state index contributed by atoms with van der Waals surface area (Å²) in [6.07, 6.45) is -0.839. The molecular formula is C10H19N3O3. The molecule has 4 N–H and O–H groups in total. The van der Waals surface area contributed by atoms with Crippen molar-refractivity contribution in [3.63, 3.8) is 0 Å². The van der Waals surface area contributed by atoms with E-state index in [1.807, 2.05) is 20.8 Å². The fraction of sp³-hybridized carbons (Fsp3) is 0.800. The van der Waals surface area contributed by atoms with Gasteiger partial charge in [0, 0.05) is 24.5 Å². The zero-order valence-corrected chi connectivity index (χ0v) is 9.86. The molecule has 1 aliphatic heterocycles. The first-order chi connectivity index (χ1) is 7.23. The Morgan fingerprint density at radius 3 is 2.50 bits per heavy atom. The van der Waals surface area contributed by atoms with E-state index in [2.05, 4.69) is 5.32 Å². The molecule has 1 fully saturated rings. The van der Waals surface area contributed by atoms with Crippen molar-refractivity contribution < 1.29 is 14.7 Å². The summed E-state index contributed by atoms with van der Waals surface area (Å²) in [5.74, 6) is -0.122. The minimum Gasteiger partial charge on any atom is -0.465 e. The second kappa shape index (κ2) is 4.29. The van der Waals surface area contributed by atoms with Crippen LogP contribution >= 0.6 is 0 Å². The number of hydrogen-bond acceptors (Lipinski definition) is 3. The molecule has 6 nitrogen and oxygen atoms in total. The third-order valence-corrected chi connectivity index (χ3v) is 2.68. The number of nitrogens with zero attached hydrogens (tertiary/aromatic N) is 1. The Labute approximate surface area is 94.8 Å². The minimum absolute atomic E-state index is 0.122. The molecule has 0 aromatic heterocycles. The van der Waals surface area contributed by atoms with Crippen LogP contribution in [0.15, 0.2) is 0 Å². The van der Waals surface area contributed by atoms with Gasteiger partial charge in [-0.2, -0.15) is 0 Å². The summed E-state index contributed by atoms with van der Waals surface area (Å²) in [6.45, 7) is 5.71. The molecule has 1 saturated heterocycles. The maximum Gasteiger partial charge on any atom is 0.408 e. The molecule has 0 aromatic rings. The van der Waals surface area contributed by atoms with Crippen LogP contribution in [0.5, 0.6) is 0 Å². The van der Waals surface area contributed by atoms with E-state index in [-0.39, 0.29) is 24.9 Å². The highest BCUT2D eigenvalue weighted by atomic mass is 16.4. The van der Waals surface area contributed by atoms with E-state index in [9.17, 15) is 14.7 Å². The van der Waals surface area contributed by atoms with Crippen LogP contribution in [0.25, 0.3) is 0 Å². The van der Waals surface area contributed by atoms with Gasteiger partial charge < -0.3 is 16.2 Å². The highest BCUT2D eigenvalue weighted by Gasteiger charge is 2.39. The lowest BCUT2D eigenvalue weighted by Gasteiger charge is -2.43. The van der Waals surface area contributed by atoms with Gasteiger partial charge in [0.05, 0.1) is 6.04 Å². The summed E-state index contributed by atoms with van der Waals surface area (Å²) in [5, 5.41) is 11.8. The molecule has 0 aromatic carbocycles. The summed E-state index contributed by atoms with van der Waals surface area (Å²) < 4.78 is 0. The normalized spacial score (nSPS) is 26.1. The quantitative estimate of drug-likeness (QED) is 0.589. The van der Waals surface area contributed by atoms with Gasteiger partial charge in [-0.25, -0.2) is 4.79 Å². The molecule has 92 valence electrons. The average molecular weight is 229 g/mol. The van der Waals surface area contributed by atoms with Crippen molar-refractivity contribution in [1.29, 1.82) is 0 Å². The molecule has 2 amide bonds. The van der Waals surface area contributed by atoms with Gasteiger partial charge in [-0.3, -0.25) is 9.69 Å². The van der Waals surface area contributed by atoms with Crippen LogP contribution in [0.3, 0.4) is 0 Å². The molecule has 0 aliphatic carbocycles. The van der Waals surface area contributed by atoms with Gasteiger partial charge in [-0.05, 0) is 20.8 Å². The predicted octanol–water partition coefficient (Wildman–Crippen LogP) is -0.0193. The minimum atomic E-state index is -1.01. The van der Waals surface area contributed by atoms with E-state index in [1.54, 1.807) is 0 Å². The Kier molecular flexibility index (Phi) is 3.42. The predicted molar refractivity (Wildman–Crippen MR) is 59.0 cm³/mol. The monoisotopic (exact) mass is 229 g/mol. The fourth-order valence-electron chi connectivity index (χ4n) is 2.00. The van der Waals surface area contributed by atoms with Crippen LogP contribution in [-0.2, 0) is 4.79 Å². The van der Waals surface area contributed by atoms with Crippen LogP contribution in [0, 0.1) is 0 Å². The fourth-order valence-corrected chi connectivity index (χ4v) is 2.00. The zero-order chi connectivity index (χ0) is 12.5. The molecule has 0 bridgehead atoms. The summed E-state index contributed by atoms with van der Waals surface area (Å²) in [7, 11) is 0. The summed E-state index contributed by atoms with van der Waals surface area (Å²) in [5.41, 5.74) is 5.31. The van der Waals surface area contributed by atoms with Crippen molar-refractivity contribution in [3.05, 3.63) is 0 Å². The Morgan fingerprint density at radius 2 is 2.12 bits per heavy atom. The van der Waals surface area contributed by atoms with Crippen molar-refractivity contribution in [1.82, 2.24) is 10.2 Å². The summed E-state index contributed by atoms with van der Waals surface area (Å²) >= 11 is 0. The van der Waals surface area contributed by atoms with Gasteiger partial charge in [0.1, 0.15) is 0 Å². The van der Waals surface area contributed by atoms with Crippen molar-refractivity contribution in [2.24, 2.45) is 5.73 Å². The smallest absolute Gasteiger partial charge is 0.408 e. The van der Waals surface area contributed by atoms with E-state index < -0.39 is 17.7 Å². The Balaban J connectivity index is 2.87. The average Bonchev–Trinajstić information content (AvgIpc) is 2.06. The maximum atomic E-state index is 11.2. The van der Waals surface area contributed by atoms with E-state index in [4.69, 9.17) is 5.73 Å². The number of piperidine rings is 1. The molecular weight excluding hydrogens is 210 g/mol. The number of carboxylic acid groups (broad SMARTS) is 1. The van der Waals surface area contributed by atoms with Crippen molar-refractivity contribution in [2.75, 3.05) is 6.54 Å². The van der Waals surface area contributed by atoms with Gasteiger partial charge in [0.2, 0.25) is 5.91 Å². The third kappa shape index (κ3) is 2.63. The number of nitrogens with one attached hydrogen (secondary N) is 1. The number of nitrogens with two attached hydrogens (primary N) is 1. The highest BCUT2D eigenvalue weighted by Crippen LogP contribution is 2.21. The van der Waals surface area contributed by atoms with Gasteiger partial charge in [-0.1, -0.05) is 0 Å². The lowest BCUT2D eigenvalue weighted by atomic mass is 9.95. The van der Waals surface area contributed by atoms with Crippen LogP contribution < -0.4 is 11.1 Å². The summed E-state index contributed by atoms with van der Waals surface area (Å²) in [4.78, 5) is 23.7. The van der Waals surface area contributed by atoms with Crippen LogP contribution in [-0.4, -0.2) is 46.2 Å². The highest BCUT2D eigenvalue weighted by molar-refractivity contribution is 5.78. The lowest BCUT2D eigenvalue weighted by molar-refractivity contribution is -0.124. The van der Waals surface area contributed by atoms with Crippen molar-refractivity contribution >= 4 is 12.0 Å². The van der Waals surface area contributed by atoms with E-state index in [1.165, 1.54) is 4.90 Å². The molecule has 1 heterocycles. The third-order valence-electron chi connectivity index (χ3n) is 2.68. The van der Waals surface area contributed by atoms with Crippen LogP contribution in [0.2, 0.25) is 0 Å². The van der Waals surface area contributed by atoms with Crippen molar-refractivity contribution in [3.8, 4) is 0 Å². The first kappa shape index (κ1) is 12.8. The number of carbonyl (C=O) groups is 2. The number of hydrogen-bond donors (Lipinski definition) is 3. The Hall–Kier alpha value is -1.30. The number of carbonyl (C=O) groups excluding carboxylic acids is 1. The molecule has 0 spiro atoms. The first-order valence-electron chi connectivity index (χ1n) is 5.28. The second-order valence-corrected chi connectivity index (χ2v) is 5.06. The lowest BCUT2D eigenvalue weighted by Crippen LogP contribution is -2.64. The molecule has 0 unspecified atom stereocenters. The van der Waals surface area contributed by atoms with E-state index in [0.717, 1.165) is 0 Å². The number of amides is 2. The number of rotatable bonds is 1. The first-order valence-corrected chi connectivity index (χ1v) is 5.28.